The lowest BCUT2D eigenvalue weighted by atomic mass is 10.4. The summed E-state index contributed by atoms with van der Waals surface area (Å²) in [5, 5.41) is 7.12. The summed E-state index contributed by atoms with van der Waals surface area (Å²) in [6.45, 7) is 3.01. The van der Waals surface area contributed by atoms with E-state index in [4.69, 9.17) is 28.6 Å². The number of halogens is 1. The average Bonchev–Trinajstić information content (AvgIpc) is 3.23. The van der Waals surface area contributed by atoms with E-state index in [1.807, 2.05) is 0 Å². The lowest BCUT2D eigenvalue weighted by Crippen LogP contribution is -2.37. The molecule has 3 rings (SSSR count). The molecule has 1 aliphatic carbocycles. The third-order valence-electron chi connectivity index (χ3n) is 3.15. The number of hydrogen-bond donors (Lipinski definition) is 2. The standard InChI is InChI=1S/C12H16ClN5OS/c13-9-7-10(18-3-5-19-6-4-18)16-11(15-9)17-12(20)14-8-1-2-8/h7-8H,1-6H2,(H2,14,15,16,17,20). The van der Waals surface area contributed by atoms with Gasteiger partial charge in [-0.1, -0.05) is 11.6 Å². The highest BCUT2D eigenvalue weighted by atomic mass is 35.5. The van der Waals surface area contributed by atoms with Crippen molar-refractivity contribution in [2.45, 2.75) is 18.9 Å². The predicted octanol–water partition coefficient (Wildman–Crippen LogP) is 1.42. The van der Waals surface area contributed by atoms with Gasteiger partial charge in [0.05, 0.1) is 13.2 Å². The molecule has 0 spiro atoms. The van der Waals surface area contributed by atoms with Crippen LogP contribution in [-0.2, 0) is 4.74 Å². The van der Waals surface area contributed by atoms with Gasteiger partial charge < -0.3 is 20.3 Å². The zero-order valence-electron chi connectivity index (χ0n) is 10.9. The highest BCUT2D eigenvalue weighted by Crippen LogP contribution is 2.20. The lowest BCUT2D eigenvalue weighted by molar-refractivity contribution is 0.122. The Morgan fingerprint density at radius 3 is 2.80 bits per heavy atom. The van der Waals surface area contributed by atoms with E-state index in [1.165, 1.54) is 0 Å². The molecule has 1 saturated carbocycles. The molecule has 1 aliphatic heterocycles. The zero-order chi connectivity index (χ0) is 13.9. The van der Waals surface area contributed by atoms with E-state index in [-0.39, 0.29) is 0 Å². The summed E-state index contributed by atoms with van der Waals surface area (Å²) < 4.78 is 5.33. The molecule has 2 fully saturated rings. The topological polar surface area (TPSA) is 62.3 Å². The molecule has 1 saturated heterocycles. The van der Waals surface area contributed by atoms with Crippen molar-refractivity contribution in [3.05, 3.63) is 11.2 Å². The van der Waals surface area contributed by atoms with Gasteiger partial charge in [0.2, 0.25) is 5.95 Å². The molecule has 0 amide bonds. The number of rotatable bonds is 3. The quantitative estimate of drug-likeness (QED) is 0.646. The summed E-state index contributed by atoms with van der Waals surface area (Å²) in [7, 11) is 0. The van der Waals surface area contributed by atoms with Gasteiger partial charge in [0.1, 0.15) is 11.0 Å². The van der Waals surface area contributed by atoms with Crippen molar-refractivity contribution in [3.63, 3.8) is 0 Å². The van der Waals surface area contributed by atoms with E-state index in [0.717, 1.165) is 31.7 Å². The van der Waals surface area contributed by atoms with E-state index in [9.17, 15) is 0 Å². The third kappa shape index (κ3) is 3.68. The van der Waals surface area contributed by atoms with E-state index in [2.05, 4.69) is 25.5 Å². The number of anilines is 2. The normalized spacial score (nSPS) is 18.8. The fourth-order valence-corrected chi connectivity index (χ4v) is 2.40. The minimum atomic E-state index is 0.401. The largest absolute Gasteiger partial charge is 0.378 e. The first kappa shape index (κ1) is 13.8. The molecule has 108 valence electrons. The maximum atomic E-state index is 6.06. The van der Waals surface area contributed by atoms with Gasteiger partial charge in [-0.2, -0.15) is 4.98 Å². The number of thiocarbonyl (C=S) groups is 1. The summed E-state index contributed by atoms with van der Waals surface area (Å²) >= 11 is 11.3. The van der Waals surface area contributed by atoms with Crippen LogP contribution in [0.2, 0.25) is 5.15 Å². The van der Waals surface area contributed by atoms with Gasteiger partial charge in [0, 0.05) is 25.2 Å². The summed E-state index contributed by atoms with van der Waals surface area (Å²) in [5.74, 6) is 1.22. The van der Waals surface area contributed by atoms with Gasteiger partial charge in [-0.15, -0.1) is 0 Å². The Kier molecular flexibility index (Phi) is 4.18. The number of nitrogens with one attached hydrogen (secondary N) is 2. The van der Waals surface area contributed by atoms with Gasteiger partial charge in [-0.25, -0.2) is 4.98 Å². The van der Waals surface area contributed by atoms with Crippen molar-refractivity contribution < 1.29 is 4.74 Å². The second-order valence-corrected chi connectivity index (χ2v) is 5.64. The molecule has 2 aliphatic rings. The van der Waals surface area contributed by atoms with Gasteiger partial charge in [-0.05, 0) is 25.1 Å². The zero-order valence-corrected chi connectivity index (χ0v) is 12.5. The van der Waals surface area contributed by atoms with E-state index in [1.54, 1.807) is 6.07 Å². The minimum absolute atomic E-state index is 0.401. The van der Waals surface area contributed by atoms with Crippen LogP contribution in [0.1, 0.15) is 12.8 Å². The van der Waals surface area contributed by atoms with Crippen LogP contribution >= 0.6 is 23.8 Å². The fourth-order valence-electron chi connectivity index (χ4n) is 1.97. The summed E-state index contributed by atoms with van der Waals surface area (Å²) in [6.07, 6.45) is 2.33. The van der Waals surface area contributed by atoms with Crippen LogP contribution in [0.4, 0.5) is 11.8 Å². The Labute approximate surface area is 127 Å². The molecule has 1 aromatic rings. The number of hydrogen-bond acceptors (Lipinski definition) is 5. The lowest BCUT2D eigenvalue weighted by Gasteiger charge is -2.28. The molecule has 2 heterocycles. The number of aromatic nitrogens is 2. The van der Waals surface area contributed by atoms with Gasteiger partial charge in [0.25, 0.3) is 0 Å². The number of morpholine rings is 1. The molecular weight excluding hydrogens is 298 g/mol. The van der Waals surface area contributed by atoms with E-state index >= 15 is 0 Å². The Morgan fingerprint density at radius 2 is 2.10 bits per heavy atom. The van der Waals surface area contributed by atoms with Crippen LogP contribution in [0, 0.1) is 0 Å². The van der Waals surface area contributed by atoms with Crippen molar-refractivity contribution in [1.29, 1.82) is 0 Å². The second-order valence-electron chi connectivity index (χ2n) is 4.84. The van der Waals surface area contributed by atoms with Gasteiger partial charge >= 0.3 is 0 Å². The summed E-state index contributed by atoms with van der Waals surface area (Å²) in [4.78, 5) is 10.7. The first-order chi connectivity index (χ1) is 9.70. The SMILES string of the molecule is S=C(Nc1nc(Cl)cc(N2CCOCC2)n1)NC1CC1. The second kappa shape index (κ2) is 6.07. The molecule has 6 nitrogen and oxygen atoms in total. The molecule has 2 N–H and O–H groups in total. The molecule has 20 heavy (non-hydrogen) atoms. The maximum absolute atomic E-state index is 6.06. The van der Waals surface area contributed by atoms with Crippen molar-refractivity contribution in [2.75, 3.05) is 36.5 Å². The predicted molar refractivity (Wildman–Crippen MR) is 82.5 cm³/mol. The molecule has 8 heteroatoms. The van der Waals surface area contributed by atoms with Gasteiger partial charge in [-0.3, -0.25) is 0 Å². The molecule has 1 aromatic heterocycles. The molecule has 0 bridgehead atoms. The first-order valence-corrected chi connectivity index (χ1v) is 7.44. The van der Waals surface area contributed by atoms with Crippen molar-refractivity contribution in [3.8, 4) is 0 Å². The Morgan fingerprint density at radius 1 is 1.35 bits per heavy atom. The van der Waals surface area contributed by atoms with Crippen LogP contribution in [0.15, 0.2) is 6.07 Å². The van der Waals surface area contributed by atoms with Crippen LogP contribution in [0.25, 0.3) is 0 Å². The molecular formula is C12H16ClN5OS. The van der Waals surface area contributed by atoms with Gasteiger partial charge in [0.15, 0.2) is 5.11 Å². The summed E-state index contributed by atoms with van der Waals surface area (Å²) in [6, 6.07) is 2.25. The molecule has 0 aromatic carbocycles. The highest BCUT2D eigenvalue weighted by molar-refractivity contribution is 7.80. The van der Waals surface area contributed by atoms with Crippen LogP contribution in [-0.4, -0.2) is 47.4 Å². The minimum Gasteiger partial charge on any atom is -0.378 e. The third-order valence-corrected chi connectivity index (χ3v) is 3.57. The van der Waals surface area contributed by atoms with E-state index < -0.39 is 0 Å². The molecule has 0 atom stereocenters. The molecule has 0 unspecified atom stereocenters. The highest BCUT2D eigenvalue weighted by Gasteiger charge is 2.22. The van der Waals surface area contributed by atoms with Crippen molar-refractivity contribution in [1.82, 2.24) is 15.3 Å². The Balaban J connectivity index is 1.69. The summed E-state index contributed by atoms with van der Waals surface area (Å²) in [5.41, 5.74) is 0. The fraction of sp³-hybridized carbons (Fsp3) is 0.583. The van der Waals surface area contributed by atoms with Crippen LogP contribution in [0.5, 0.6) is 0 Å². The number of nitrogens with zero attached hydrogens (tertiary/aromatic N) is 3. The van der Waals surface area contributed by atoms with Crippen LogP contribution < -0.4 is 15.5 Å². The average molecular weight is 314 g/mol. The number of ether oxygens (including phenoxy) is 1. The van der Waals surface area contributed by atoms with Crippen molar-refractivity contribution >= 4 is 40.7 Å². The first-order valence-electron chi connectivity index (χ1n) is 6.65. The maximum Gasteiger partial charge on any atom is 0.232 e. The van der Waals surface area contributed by atoms with Crippen molar-refractivity contribution in [2.24, 2.45) is 0 Å². The Hall–Kier alpha value is -1.18. The smallest absolute Gasteiger partial charge is 0.232 e. The van der Waals surface area contributed by atoms with E-state index in [0.29, 0.717) is 35.5 Å². The Bertz CT molecular complexity index is 505. The monoisotopic (exact) mass is 313 g/mol. The van der Waals surface area contributed by atoms with Crippen LogP contribution in [0.3, 0.4) is 0 Å². The molecule has 0 radical (unpaired) electrons.